The first-order valence-electron chi connectivity index (χ1n) is 4.89. The molecule has 1 unspecified atom stereocenters. The van der Waals surface area contributed by atoms with Gasteiger partial charge in [-0.2, -0.15) is 5.10 Å². The number of hydrazone groups is 1. The van der Waals surface area contributed by atoms with Crippen molar-refractivity contribution in [3.05, 3.63) is 0 Å². The molecule has 1 heterocycles. The van der Waals surface area contributed by atoms with Gasteiger partial charge in [0.1, 0.15) is 5.71 Å². The van der Waals surface area contributed by atoms with Crippen molar-refractivity contribution in [1.29, 1.82) is 0 Å². The second-order valence-electron chi connectivity index (χ2n) is 3.59. The number of carbonyl (C=O) groups is 2. The number of hydrogen-bond acceptors (Lipinski definition) is 4. The molecule has 1 aliphatic rings. The average molecular weight is 212 g/mol. The number of nitrogens with zero attached hydrogens (tertiary/aromatic N) is 2. The Balaban J connectivity index is 2.64. The molecule has 6 nitrogen and oxygen atoms in total. The first kappa shape index (κ1) is 11.6. The van der Waals surface area contributed by atoms with Gasteiger partial charge in [-0.05, 0) is 6.92 Å². The van der Waals surface area contributed by atoms with Crippen LogP contribution in [0.2, 0.25) is 0 Å². The summed E-state index contributed by atoms with van der Waals surface area (Å²) in [4.78, 5) is 24.2. The first-order valence-corrected chi connectivity index (χ1v) is 4.89. The molecule has 0 fully saturated rings. The minimum atomic E-state index is -0.173. The topological polar surface area (TPSA) is 87.8 Å². The summed E-state index contributed by atoms with van der Waals surface area (Å²) in [6.45, 7) is 2.27. The van der Waals surface area contributed by atoms with Crippen LogP contribution >= 0.6 is 0 Å². The van der Waals surface area contributed by atoms with Crippen LogP contribution in [0.15, 0.2) is 5.10 Å². The van der Waals surface area contributed by atoms with E-state index >= 15 is 0 Å². The molecule has 1 rings (SSSR count). The summed E-state index contributed by atoms with van der Waals surface area (Å²) in [6.07, 6.45) is 0.710. The number of carbonyl (C=O) groups excluding carboxylic acids is 2. The highest BCUT2D eigenvalue weighted by atomic mass is 16.2. The molecule has 0 aromatic heterocycles. The summed E-state index contributed by atoms with van der Waals surface area (Å²) in [6, 6.07) is -0.0298. The molecule has 84 valence electrons. The van der Waals surface area contributed by atoms with Crippen molar-refractivity contribution in [2.75, 3.05) is 13.6 Å². The smallest absolute Gasteiger partial charge is 0.270 e. The van der Waals surface area contributed by atoms with E-state index in [1.54, 1.807) is 7.05 Å². The van der Waals surface area contributed by atoms with E-state index < -0.39 is 0 Å². The van der Waals surface area contributed by atoms with Gasteiger partial charge in [0.2, 0.25) is 5.91 Å². The molecule has 0 aromatic carbocycles. The summed E-state index contributed by atoms with van der Waals surface area (Å²) in [5, 5.41) is 3.73. The molecule has 0 saturated heterocycles. The van der Waals surface area contributed by atoms with Crippen molar-refractivity contribution in [2.24, 2.45) is 10.8 Å². The Labute approximate surface area is 88.5 Å². The molecule has 0 saturated carbocycles. The van der Waals surface area contributed by atoms with Crippen LogP contribution in [0.5, 0.6) is 0 Å². The van der Waals surface area contributed by atoms with Crippen molar-refractivity contribution >= 4 is 17.5 Å². The van der Waals surface area contributed by atoms with Crippen molar-refractivity contribution in [2.45, 2.75) is 25.8 Å². The summed E-state index contributed by atoms with van der Waals surface area (Å²) in [5.41, 5.74) is 8.14. The molecule has 1 aliphatic heterocycles. The lowest BCUT2D eigenvalue weighted by molar-refractivity contribution is -0.124. The fourth-order valence-electron chi connectivity index (χ4n) is 1.19. The Morgan fingerprint density at radius 3 is 2.80 bits per heavy atom. The van der Waals surface area contributed by atoms with E-state index in [1.165, 1.54) is 4.90 Å². The monoisotopic (exact) mass is 212 g/mol. The number of rotatable bonds is 3. The van der Waals surface area contributed by atoms with Crippen molar-refractivity contribution < 1.29 is 9.59 Å². The van der Waals surface area contributed by atoms with Crippen molar-refractivity contribution in [1.82, 2.24) is 10.3 Å². The van der Waals surface area contributed by atoms with E-state index in [4.69, 9.17) is 5.73 Å². The van der Waals surface area contributed by atoms with Crippen LogP contribution in [0.25, 0.3) is 0 Å². The molecule has 15 heavy (non-hydrogen) atoms. The number of nitrogens with two attached hydrogens (primary N) is 1. The Bertz CT molecular complexity index is 300. The van der Waals surface area contributed by atoms with Crippen LogP contribution in [0.1, 0.15) is 19.8 Å². The van der Waals surface area contributed by atoms with E-state index in [0.29, 0.717) is 25.1 Å². The normalized spacial score (nSPS) is 17.8. The Morgan fingerprint density at radius 2 is 2.33 bits per heavy atom. The highest BCUT2D eigenvalue weighted by Crippen LogP contribution is 2.04. The van der Waals surface area contributed by atoms with Crippen LogP contribution in [-0.4, -0.2) is 42.1 Å². The van der Waals surface area contributed by atoms with E-state index in [-0.39, 0.29) is 17.9 Å². The Kier molecular flexibility index (Phi) is 3.79. The molecule has 1 atom stereocenters. The van der Waals surface area contributed by atoms with Crippen LogP contribution in [0, 0.1) is 0 Å². The van der Waals surface area contributed by atoms with Gasteiger partial charge in [-0.25, -0.2) is 5.43 Å². The number of nitrogens with one attached hydrogen (secondary N) is 1. The first-order chi connectivity index (χ1) is 7.06. The molecule has 0 spiro atoms. The van der Waals surface area contributed by atoms with Gasteiger partial charge in [-0.1, -0.05) is 0 Å². The molecule has 2 amide bonds. The van der Waals surface area contributed by atoms with Gasteiger partial charge < -0.3 is 10.6 Å². The summed E-state index contributed by atoms with van der Waals surface area (Å²) >= 11 is 0. The zero-order valence-corrected chi connectivity index (χ0v) is 8.99. The minimum absolute atomic E-state index is 0.0298. The van der Waals surface area contributed by atoms with Crippen LogP contribution in [0.3, 0.4) is 0 Å². The fraction of sp³-hybridized carbons (Fsp3) is 0.667. The minimum Gasteiger partial charge on any atom is -0.337 e. The van der Waals surface area contributed by atoms with Gasteiger partial charge in [-0.15, -0.1) is 0 Å². The van der Waals surface area contributed by atoms with Gasteiger partial charge in [0.15, 0.2) is 0 Å². The summed E-state index contributed by atoms with van der Waals surface area (Å²) < 4.78 is 0. The van der Waals surface area contributed by atoms with E-state index in [2.05, 4.69) is 10.5 Å². The van der Waals surface area contributed by atoms with Crippen molar-refractivity contribution in [3.8, 4) is 0 Å². The zero-order valence-electron chi connectivity index (χ0n) is 8.99. The highest BCUT2D eigenvalue weighted by Gasteiger charge is 2.23. The quantitative estimate of drug-likeness (QED) is 0.632. The third-order valence-corrected chi connectivity index (χ3v) is 2.47. The third-order valence-electron chi connectivity index (χ3n) is 2.47. The molecular formula is C9H16N4O2. The molecule has 0 bridgehead atoms. The van der Waals surface area contributed by atoms with Crippen molar-refractivity contribution in [3.63, 3.8) is 0 Å². The SMILES string of the molecule is CC(CN)N(C)C(=O)C1=NNC(=O)CC1. The Morgan fingerprint density at radius 1 is 1.67 bits per heavy atom. The van der Waals surface area contributed by atoms with Gasteiger partial charge >= 0.3 is 0 Å². The lowest BCUT2D eigenvalue weighted by atomic mass is 10.1. The van der Waals surface area contributed by atoms with E-state index in [1.807, 2.05) is 6.92 Å². The number of likely N-dealkylation sites (N-methyl/N-ethyl adjacent to an activating group) is 1. The second kappa shape index (κ2) is 4.88. The number of amides is 2. The molecule has 0 aromatic rings. The predicted octanol–water partition coefficient (Wildman–Crippen LogP) is -0.942. The highest BCUT2D eigenvalue weighted by molar-refractivity contribution is 6.39. The Hall–Kier alpha value is -1.43. The molecule has 0 aliphatic carbocycles. The van der Waals surface area contributed by atoms with Crippen LogP contribution in [-0.2, 0) is 9.59 Å². The van der Waals surface area contributed by atoms with E-state index in [9.17, 15) is 9.59 Å². The van der Waals surface area contributed by atoms with Gasteiger partial charge in [0, 0.05) is 32.5 Å². The molecule has 0 radical (unpaired) electrons. The lowest BCUT2D eigenvalue weighted by Gasteiger charge is -2.25. The predicted molar refractivity (Wildman–Crippen MR) is 56.1 cm³/mol. The maximum absolute atomic E-state index is 11.8. The number of hydrogen-bond donors (Lipinski definition) is 2. The second-order valence-corrected chi connectivity index (χ2v) is 3.59. The largest absolute Gasteiger partial charge is 0.337 e. The van der Waals surface area contributed by atoms with Gasteiger partial charge in [0.05, 0.1) is 0 Å². The molecular weight excluding hydrogens is 196 g/mol. The summed E-state index contributed by atoms with van der Waals surface area (Å²) in [7, 11) is 1.68. The maximum Gasteiger partial charge on any atom is 0.270 e. The summed E-state index contributed by atoms with van der Waals surface area (Å²) in [5.74, 6) is -0.325. The van der Waals surface area contributed by atoms with E-state index in [0.717, 1.165) is 0 Å². The van der Waals surface area contributed by atoms with Crippen LogP contribution in [0.4, 0.5) is 0 Å². The molecule has 6 heteroatoms. The van der Waals surface area contributed by atoms with Crippen LogP contribution < -0.4 is 11.2 Å². The fourth-order valence-corrected chi connectivity index (χ4v) is 1.19. The van der Waals surface area contributed by atoms with Gasteiger partial charge in [0.25, 0.3) is 5.91 Å². The lowest BCUT2D eigenvalue weighted by Crippen LogP contribution is -2.44. The standard InChI is InChI=1S/C9H16N4O2/c1-6(5-10)13(2)9(15)7-3-4-8(14)12-11-7/h6H,3-5,10H2,1-2H3,(H,12,14). The maximum atomic E-state index is 11.8. The molecule has 3 N–H and O–H groups in total. The zero-order chi connectivity index (χ0) is 11.4. The third kappa shape index (κ3) is 2.76. The average Bonchev–Trinajstić information content (AvgIpc) is 2.27. The van der Waals surface area contributed by atoms with Gasteiger partial charge in [-0.3, -0.25) is 9.59 Å².